The molecule has 2 aromatic carbocycles. The van der Waals surface area contributed by atoms with Crippen molar-refractivity contribution >= 4 is 52.5 Å². The number of hydrogen-bond acceptors (Lipinski definition) is 6. The van der Waals surface area contributed by atoms with Crippen LogP contribution in [0.5, 0.6) is 0 Å². The Balaban J connectivity index is 1.43. The summed E-state index contributed by atoms with van der Waals surface area (Å²) < 4.78 is 0. The van der Waals surface area contributed by atoms with Crippen LogP contribution in [0.1, 0.15) is 76.7 Å². The van der Waals surface area contributed by atoms with E-state index in [-0.39, 0.29) is 30.5 Å². The van der Waals surface area contributed by atoms with E-state index in [1.54, 1.807) is 24.3 Å². The molecule has 0 atom stereocenters. The van der Waals surface area contributed by atoms with Gasteiger partial charge in [0.2, 0.25) is 5.91 Å². The van der Waals surface area contributed by atoms with Crippen molar-refractivity contribution in [1.82, 2.24) is 5.01 Å². The average Bonchev–Trinajstić information content (AvgIpc) is 3.12. The van der Waals surface area contributed by atoms with E-state index in [9.17, 15) is 19.2 Å². The number of thioether (sulfide) groups is 1. The smallest absolute Gasteiger partial charge is 0.345 e. The van der Waals surface area contributed by atoms with Crippen molar-refractivity contribution < 1.29 is 24.3 Å². The number of amides is 3. The molecule has 1 aliphatic heterocycles. The number of carboxylic acids is 1. The minimum absolute atomic E-state index is 0.0385. The number of carbonyl (C=O) groups is 4. The highest BCUT2D eigenvalue weighted by Gasteiger charge is 2.39. The van der Waals surface area contributed by atoms with Crippen LogP contribution in [0.3, 0.4) is 0 Å². The maximum atomic E-state index is 14.2. The molecule has 3 aliphatic rings. The van der Waals surface area contributed by atoms with E-state index < -0.39 is 23.3 Å². The van der Waals surface area contributed by atoms with E-state index in [0.29, 0.717) is 16.3 Å². The molecule has 2 fully saturated rings. The molecule has 2 aliphatic carbocycles. The van der Waals surface area contributed by atoms with E-state index in [4.69, 9.17) is 10.2 Å². The molecule has 5 rings (SSSR count). The highest BCUT2D eigenvalue weighted by molar-refractivity contribution is 8.00. The predicted octanol–water partition coefficient (Wildman–Crippen LogP) is 6.57. The molecule has 1 heterocycles. The number of nitrogens with one attached hydrogen (secondary N) is 1. The molecular weight excluding hydrogens is 564 g/mol. The van der Waals surface area contributed by atoms with Crippen molar-refractivity contribution in [1.29, 1.82) is 0 Å². The quantitative estimate of drug-likeness (QED) is 0.296. The summed E-state index contributed by atoms with van der Waals surface area (Å²) in [5.74, 6) is -1.25. The second-order valence-electron chi connectivity index (χ2n) is 12.1. The van der Waals surface area contributed by atoms with Crippen LogP contribution < -0.4 is 10.2 Å². The number of hydrogen-bond donors (Lipinski definition) is 2. The molecule has 0 spiro atoms. The first-order chi connectivity index (χ1) is 20.7. The molecule has 0 saturated heterocycles. The second-order valence-corrected chi connectivity index (χ2v) is 13.1. The number of para-hydroxylation sites is 1. The Bertz CT molecular complexity index is 1400. The van der Waals surface area contributed by atoms with Crippen molar-refractivity contribution in [3.05, 3.63) is 54.1 Å². The lowest BCUT2D eigenvalue weighted by Crippen LogP contribution is -2.48. The molecule has 0 unspecified atom stereocenters. The van der Waals surface area contributed by atoms with Crippen LogP contribution >= 0.6 is 11.8 Å². The summed E-state index contributed by atoms with van der Waals surface area (Å²) in [6, 6.07) is 14.1. The zero-order chi connectivity index (χ0) is 30.4. The molecule has 0 radical (unpaired) electrons. The first-order valence-electron chi connectivity index (χ1n) is 15.3. The molecule has 43 heavy (non-hydrogen) atoms. The van der Waals surface area contributed by atoms with Crippen LogP contribution in [0.15, 0.2) is 58.5 Å². The maximum Gasteiger partial charge on any atom is 0.345 e. The Morgan fingerprint density at radius 1 is 0.977 bits per heavy atom. The fraction of sp³-hybridized carbons (Fsp3) is 0.485. The van der Waals surface area contributed by atoms with Crippen LogP contribution in [0, 0.1) is 11.3 Å². The third-order valence-electron chi connectivity index (χ3n) is 8.85. The molecule has 2 saturated carbocycles. The first kappa shape index (κ1) is 30.8. The van der Waals surface area contributed by atoms with Crippen molar-refractivity contribution in [2.45, 2.75) is 76.0 Å². The van der Waals surface area contributed by atoms with Gasteiger partial charge in [0.1, 0.15) is 6.54 Å². The number of aliphatic carboxylic acids is 1. The number of rotatable bonds is 10. The summed E-state index contributed by atoms with van der Waals surface area (Å²) in [7, 11) is 0. The number of Topliss-reactive ketones (excluding diaryl/α,β-unsaturated/α-hetero) is 1. The Labute approximate surface area is 257 Å². The van der Waals surface area contributed by atoms with Crippen molar-refractivity contribution in [3.63, 3.8) is 0 Å². The Kier molecular flexibility index (Phi) is 9.85. The lowest BCUT2D eigenvalue weighted by Gasteiger charge is -2.34. The van der Waals surface area contributed by atoms with Gasteiger partial charge < -0.3 is 10.4 Å². The monoisotopic (exact) mass is 604 g/mol. The van der Waals surface area contributed by atoms with E-state index in [1.165, 1.54) is 16.3 Å². The fourth-order valence-corrected chi connectivity index (χ4v) is 7.09. The van der Waals surface area contributed by atoms with Crippen LogP contribution in [0.2, 0.25) is 0 Å². The Hall–Kier alpha value is -3.66. The topological polar surface area (TPSA) is 119 Å². The largest absolute Gasteiger partial charge is 0.481 e. The summed E-state index contributed by atoms with van der Waals surface area (Å²) in [4.78, 5) is 54.5. The minimum Gasteiger partial charge on any atom is -0.481 e. The zero-order valence-corrected chi connectivity index (χ0v) is 25.5. The van der Waals surface area contributed by atoms with Gasteiger partial charge in [-0.1, -0.05) is 69.7 Å². The standard InChI is InChI=1S/C33H40N4O5S/c1-33(17-8-3-9-18-33)28(38)20-36-27-16-7-6-15-26(27)31(23-11-4-2-5-12-23)35-37(32(36)42)21-29(39)34-24-13-10-14-25(19-24)43-22-30(40)41/h6-7,10,13-16,19,23H,2-5,8-9,11-12,17-18,20-22H2,1H3,(H,34,39)(H,40,41). The highest BCUT2D eigenvalue weighted by atomic mass is 32.2. The normalized spacial score (nSPS) is 18.8. The van der Waals surface area contributed by atoms with E-state index >= 15 is 0 Å². The van der Waals surface area contributed by atoms with Gasteiger partial charge in [-0.3, -0.25) is 19.3 Å². The van der Waals surface area contributed by atoms with Gasteiger partial charge in [-0.05, 0) is 49.9 Å². The highest BCUT2D eigenvalue weighted by Crippen LogP contribution is 2.39. The fourth-order valence-electron chi connectivity index (χ4n) is 6.42. The van der Waals surface area contributed by atoms with Gasteiger partial charge in [-0.2, -0.15) is 5.10 Å². The molecule has 228 valence electrons. The van der Waals surface area contributed by atoms with Crippen LogP contribution in [0.25, 0.3) is 0 Å². The number of ketones is 1. The minimum atomic E-state index is -0.924. The van der Waals surface area contributed by atoms with Crippen molar-refractivity contribution in [3.8, 4) is 0 Å². The third kappa shape index (κ3) is 7.47. The number of nitrogens with zero attached hydrogens (tertiary/aromatic N) is 3. The summed E-state index contributed by atoms with van der Waals surface area (Å²) >= 11 is 1.16. The number of fused-ring (bicyclic) bond motifs is 1. The van der Waals surface area contributed by atoms with Gasteiger partial charge in [0.05, 0.1) is 23.7 Å². The van der Waals surface area contributed by atoms with E-state index in [0.717, 1.165) is 80.8 Å². The summed E-state index contributed by atoms with van der Waals surface area (Å²) in [6.45, 7) is 1.62. The molecule has 0 aromatic heterocycles. The Morgan fingerprint density at radius 3 is 2.44 bits per heavy atom. The molecular formula is C33H40N4O5S. The van der Waals surface area contributed by atoms with Crippen LogP contribution in [0.4, 0.5) is 16.2 Å². The molecule has 0 bridgehead atoms. The predicted molar refractivity (Wildman–Crippen MR) is 169 cm³/mol. The van der Waals surface area contributed by atoms with Gasteiger partial charge in [-0.25, -0.2) is 9.80 Å². The van der Waals surface area contributed by atoms with Crippen molar-refractivity contribution in [2.75, 3.05) is 29.1 Å². The average molecular weight is 605 g/mol. The summed E-state index contributed by atoms with van der Waals surface area (Å²) in [6.07, 6.45) is 10.0. The number of hydrazone groups is 1. The maximum absolute atomic E-state index is 14.2. The lowest BCUT2D eigenvalue weighted by molar-refractivity contribution is -0.134. The lowest BCUT2D eigenvalue weighted by atomic mass is 9.72. The Morgan fingerprint density at radius 2 is 1.70 bits per heavy atom. The van der Waals surface area contributed by atoms with Gasteiger partial charge in [0.25, 0.3) is 0 Å². The molecule has 2 N–H and O–H groups in total. The van der Waals surface area contributed by atoms with Crippen molar-refractivity contribution in [2.24, 2.45) is 16.4 Å². The SMILES string of the molecule is CC1(C(=O)CN2C(=O)N(CC(=O)Nc3cccc(SCC(=O)O)c3)N=C(C3CCCCC3)c3ccccc32)CCCCC1. The first-order valence-corrected chi connectivity index (χ1v) is 16.3. The van der Waals surface area contributed by atoms with Gasteiger partial charge in [0, 0.05) is 27.5 Å². The van der Waals surface area contributed by atoms with Crippen LogP contribution in [-0.4, -0.2) is 58.4 Å². The molecule has 10 heteroatoms. The summed E-state index contributed by atoms with van der Waals surface area (Å²) in [5, 5.41) is 17.9. The number of benzene rings is 2. The summed E-state index contributed by atoms with van der Waals surface area (Å²) in [5.41, 5.74) is 2.33. The van der Waals surface area contributed by atoms with Gasteiger partial charge in [-0.15, -0.1) is 11.8 Å². The zero-order valence-electron chi connectivity index (χ0n) is 24.7. The van der Waals surface area contributed by atoms with Gasteiger partial charge in [0.15, 0.2) is 5.78 Å². The number of carboxylic acid groups (broad SMARTS) is 1. The number of carbonyl (C=O) groups excluding carboxylic acids is 3. The van der Waals surface area contributed by atoms with E-state index in [2.05, 4.69) is 5.32 Å². The van der Waals surface area contributed by atoms with Crippen LogP contribution in [-0.2, 0) is 14.4 Å². The third-order valence-corrected chi connectivity index (χ3v) is 9.83. The molecule has 9 nitrogen and oxygen atoms in total. The van der Waals surface area contributed by atoms with E-state index in [1.807, 2.05) is 31.2 Å². The number of urea groups is 1. The molecule has 3 amide bonds. The number of anilines is 2. The second kappa shape index (κ2) is 13.8. The van der Waals surface area contributed by atoms with Gasteiger partial charge >= 0.3 is 12.0 Å². The molecule has 2 aromatic rings.